The zero-order chi connectivity index (χ0) is 42.8. The SMILES string of the molecule is CCCCCCCCCCCCCCCCCCCCCCCC(O)C(COP(=O)([O-])OCC[N+](C)(C)C)NC(=O)CCCCCCCCCCCCCCCCC. The lowest BCUT2D eigenvalue weighted by Gasteiger charge is -2.30. The molecule has 0 heterocycles. The Balaban J connectivity index is 4.22. The molecular weight excluding hydrogens is 744 g/mol. The van der Waals surface area contributed by atoms with Gasteiger partial charge < -0.3 is 28.8 Å². The summed E-state index contributed by atoms with van der Waals surface area (Å²) in [6.07, 6.45) is 46.8. The topological polar surface area (TPSA) is 108 Å². The van der Waals surface area contributed by atoms with E-state index in [1.54, 1.807) is 0 Å². The van der Waals surface area contributed by atoms with Gasteiger partial charge in [0.2, 0.25) is 5.91 Å². The first-order chi connectivity index (χ1) is 28.0. The fraction of sp³-hybridized carbons (Fsp3) is 0.980. The summed E-state index contributed by atoms with van der Waals surface area (Å²) in [6.45, 7) is 4.76. The fourth-order valence-corrected chi connectivity index (χ4v) is 8.53. The normalized spacial score (nSPS) is 14.1. The summed E-state index contributed by atoms with van der Waals surface area (Å²) >= 11 is 0. The highest BCUT2D eigenvalue weighted by atomic mass is 31.2. The van der Waals surface area contributed by atoms with Gasteiger partial charge >= 0.3 is 0 Å². The molecule has 3 atom stereocenters. The predicted octanol–water partition coefficient (Wildman–Crippen LogP) is 13.9. The summed E-state index contributed by atoms with van der Waals surface area (Å²) < 4.78 is 23.3. The van der Waals surface area contributed by atoms with Crippen LogP contribution in [0, 0.1) is 0 Å². The molecule has 0 aromatic heterocycles. The van der Waals surface area contributed by atoms with Crippen molar-refractivity contribution in [1.29, 1.82) is 0 Å². The number of aliphatic hydroxyl groups excluding tert-OH is 1. The largest absolute Gasteiger partial charge is 0.756 e. The van der Waals surface area contributed by atoms with E-state index < -0.39 is 20.0 Å². The highest BCUT2D eigenvalue weighted by Gasteiger charge is 2.24. The van der Waals surface area contributed by atoms with Gasteiger partial charge in [0.15, 0.2) is 0 Å². The quantitative estimate of drug-likeness (QED) is 0.0359. The Morgan fingerprint density at radius 1 is 0.534 bits per heavy atom. The number of amides is 1. The number of nitrogens with zero attached hydrogens (tertiary/aromatic N) is 1. The molecule has 0 radical (unpaired) electrons. The molecule has 2 N–H and O–H groups in total. The summed E-state index contributed by atoms with van der Waals surface area (Å²) in [5.41, 5.74) is 0. The van der Waals surface area contributed by atoms with E-state index in [0.717, 1.165) is 38.5 Å². The first-order valence-corrected chi connectivity index (χ1v) is 26.8. The standard InChI is InChI=1S/C49H101N2O6P/c1-6-8-10-12-14-16-18-20-22-23-24-25-26-27-29-30-32-34-36-38-40-42-48(52)47(46-57-58(54,55)56-45-44-51(3,4)5)50-49(53)43-41-39-37-35-33-31-28-21-19-17-15-13-11-9-7-2/h47-48,52H,6-46H2,1-5H3,(H-,50,53,54,55). The molecule has 1 amide bonds. The van der Waals surface area contributed by atoms with Gasteiger partial charge in [-0.1, -0.05) is 239 Å². The molecule has 0 aliphatic rings. The van der Waals surface area contributed by atoms with Crippen molar-refractivity contribution < 1.29 is 32.9 Å². The molecule has 0 bridgehead atoms. The van der Waals surface area contributed by atoms with E-state index in [-0.39, 0.29) is 19.1 Å². The van der Waals surface area contributed by atoms with Crippen molar-refractivity contribution >= 4 is 13.7 Å². The Labute approximate surface area is 361 Å². The lowest BCUT2D eigenvalue weighted by atomic mass is 10.0. The Morgan fingerprint density at radius 3 is 1.17 bits per heavy atom. The van der Waals surface area contributed by atoms with Crippen molar-refractivity contribution in [2.24, 2.45) is 0 Å². The van der Waals surface area contributed by atoms with Crippen LogP contribution in [-0.2, 0) is 18.4 Å². The van der Waals surface area contributed by atoms with Gasteiger partial charge in [-0.2, -0.15) is 0 Å². The number of carbonyl (C=O) groups excluding carboxylic acids is 1. The summed E-state index contributed by atoms with van der Waals surface area (Å²) in [5, 5.41) is 14.0. The molecule has 58 heavy (non-hydrogen) atoms. The molecule has 0 saturated heterocycles. The second-order valence-corrected chi connectivity index (χ2v) is 20.3. The predicted molar refractivity (Wildman–Crippen MR) is 247 cm³/mol. The first kappa shape index (κ1) is 57.5. The summed E-state index contributed by atoms with van der Waals surface area (Å²) in [4.78, 5) is 25.4. The molecule has 0 aromatic carbocycles. The lowest BCUT2D eigenvalue weighted by Crippen LogP contribution is -2.46. The van der Waals surface area contributed by atoms with Gasteiger partial charge in [-0.05, 0) is 12.8 Å². The van der Waals surface area contributed by atoms with E-state index >= 15 is 0 Å². The van der Waals surface area contributed by atoms with Gasteiger partial charge in [0.25, 0.3) is 7.82 Å². The van der Waals surface area contributed by atoms with Crippen LogP contribution in [0.2, 0.25) is 0 Å². The van der Waals surface area contributed by atoms with Crippen LogP contribution in [0.25, 0.3) is 0 Å². The molecule has 9 heteroatoms. The van der Waals surface area contributed by atoms with E-state index in [9.17, 15) is 19.4 Å². The van der Waals surface area contributed by atoms with Crippen LogP contribution in [0.15, 0.2) is 0 Å². The molecule has 0 aromatic rings. The van der Waals surface area contributed by atoms with Gasteiger partial charge in [0, 0.05) is 6.42 Å². The average Bonchev–Trinajstić information content (AvgIpc) is 3.17. The number of hydrogen-bond acceptors (Lipinski definition) is 6. The maximum Gasteiger partial charge on any atom is 0.268 e. The molecule has 0 spiro atoms. The number of unbranched alkanes of at least 4 members (excludes halogenated alkanes) is 34. The number of rotatable bonds is 47. The zero-order valence-electron chi connectivity index (χ0n) is 39.5. The van der Waals surface area contributed by atoms with E-state index in [4.69, 9.17) is 9.05 Å². The first-order valence-electron chi connectivity index (χ1n) is 25.4. The highest BCUT2D eigenvalue weighted by Crippen LogP contribution is 2.38. The molecule has 8 nitrogen and oxygen atoms in total. The Kier molecular flexibility index (Phi) is 41.5. The van der Waals surface area contributed by atoms with Crippen molar-refractivity contribution in [3.8, 4) is 0 Å². The van der Waals surface area contributed by atoms with Gasteiger partial charge in [-0.3, -0.25) is 9.36 Å². The van der Waals surface area contributed by atoms with Crippen LogP contribution < -0.4 is 10.2 Å². The maximum absolute atomic E-state index is 12.9. The molecule has 348 valence electrons. The van der Waals surface area contributed by atoms with Crippen molar-refractivity contribution in [1.82, 2.24) is 5.32 Å². The number of likely N-dealkylation sites (N-methyl/N-ethyl adjacent to an activating group) is 1. The lowest BCUT2D eigenvalue weighted by molar-refractivity contribution is -0.870. The monoisotopic (exact) mass is 845 g/mol. The maximum atomic E-state index is 12.9. The number of phosphoric acid groups is 1. The van der Waals surface area contributed by atoms with Crippen LogP contribution in [0.3, 0.4) is 0 Å². The third-order valence-electron chi connectivity index (χ3n) is 11.8. The van der Waals surface area contributed by atoms with E-state index in [1.807, 2.05) is 21.1 Å². The number of aliphatic hydroxyl groups is 1. The molecule has 0 rings (SSSR count). The van der Waals surface area contributed by atoms with Gasteiger partial charge in [-0.15, -0.1) is 0 Å². The Morgan fingerprint density at radius 2 is 0.845 bits per heavy atom. The number of nitrogens with one attached hydrogen (secondary N) is 1. The van der Waals surface area contributed by atoms with E-state index in [1.165, 1.54) is 193 Å². The molecule has 0 fully saturated rings. The van der Waals surface area contributed by atoms with Crippen LogP contribution in [0.5, 0.6) is 0 Å². The minimum atomic E-state index is -4.56. The Bertz CT molecular complexity index is 916. The minimum absolute atomic E-state index is 0.0164. The zero-order valence-corrected chi connectivity index (χ0v) is 40.4. The van der Waals surface area contributed by atoms with Gasteiger partial charge in [0.05, 0.1) is 39.9 Å². The highest BCUT2D eigenvalue weighted by molar-refractivity contribution is 7.45. The average molecular weight is 845 g/mol. The summed E-state index contributed by atoms with van der Waals surface area (Å²) in [5.74, 6) is -0.159. The smallest absolute Gasteiger partial charge is 0.268 e. The number of carbonyl (C=O) groups is 1. The number of hydrogen-bond donors (Lipinski definition) is 2. The molecule has 0 aliphatic carbocycles. The van der Waals surface area contributed by atoms with E-state index in [2.05, 4.69) is 19.2 Å². The second-order valence-electron chi connectivity index (χ2n) is 18.9. The molecule has 3 unspecified atom stereocenters. The van der Waals surface area contributed by atoms with Crippen LogP contribution in [0.4, 0.5) is 0 Å². The van der Waals surface area contributed by atoms with Crippen molar-refractivity contribution in [3.63, 3.8) is 0 Å². The van der Waals surface area contributed by atoms with E-state index in [0.29, 0.717) is 23.9 Å². The number of phosphoric ester groups is 1. The third-order valence-corrected chi connectivity index (χ3v) is 12.8. The molecule has 0 aliphatic heterocycles. The summed E-state index contributed by atoms with van der Waals surface area (Å²) in [6, 6.07) is -0.793. The van der Waals surface area contributed by atoms with Gasteiger partial charge in [-0.25, -0.2) is 0 Å². The van der Waals surface area contributed by atoms with Crippen molar-refractivity contribution in [2.75, 3.05) is 40.9 Å². The van der Waals surface area contributed by atoms with Crippen LogP contribution in [-0.4, -0.2) is 68.5 Å². The van der Waals surface area contributed by atoms with Crippen molar-refractivity contribution in [2.45, 2.75) is 270 Å². The molecule has 0 saturated carbocycles. The number of quaternary nitrogens is 1. The van der Waals surface area contributed by atoms with Crippen LogP contribution in [0.1, 0.15) is 258 Å². The molecular formula is C49H101N2O6P. The minimum Gasteiger partial charge on any atom is -0.756 e. The third kappa shape index (κ3) is 43.6. The fourth-order valence-electron chi connectivity index (χ4n) is 7.81. The summed E-state index contributed by atoms with van der Waals surface area (Å²) in [7, 11) is 1.32. The Hall–Kier alpha value is -0.500. The second kappa shape index (κ2) is 41.8. The van der Waals surface area contributed by atoms with Crippen LogP contribution >= 0.6 is 7.82 Å². The van der Waals surface area contributed by atoms with Crippen molar-refractivity contribution in [3.05, 3.63) is 0 Å². The van der Waals surface area contributed by atoms with Gasteiger partial charge in [0.1, 0.15) is 13.2 Å².